The summed E-state index contributed by atoms with van der Waals surface area (Å²) in [4.78, 5) is 41.1. The van der Waals surface area contributed by atoms with E-state index in [4.69, 9.17) is 0 Å². The van der Waals surface area contributed by atoms with Crippen molar-refractivity contribution in [2.45, 2.75) is 57.0 Å². The van der Waals surface area contributed by atoms with Crippen molar-refractivity contribution in [1.29, 1.82) is 0 Å². The highest BCUT2D eigenvalue weighted by Crippen LogP contribution is 2.44. The minimum Gasteiger partial charge on any atom is -0.313 e. The third kappa shape index (κ3) is 2.90. The largest absolute Gasteiger partial charge is 0.327 e. The number of nitrogens with zero attached hydrogens (tertiary/aromatic N) is 2. The lowest BCUT2D eigenvalue weighted by atomic mass is 9.68. The van der Waals surface area contributed by atoms with Crippen LogP contribution in [0.1, 0.15) is 45.4 Å². The summed E-state index contributed by atoms with van der Waals surface area (Å²) >= 11 is 0. The first-order valence-electron chi connectivity index (χ1n) is 9.39. The molecular formula is C19H29N3O3. The van der Waals surface area contributed by atoms with Crippen LogP contribution in [0.5, 0.6) is 0 Å². The summed E-state index contributed by atoms with van der Waals surface area (Å²) in [7, 11) is 1.69. The molecule has 0 aromatic carbocycles. The third-order valence-electron chi connectivity index (χ3n) is 6.50. The Morgan fingerprint density at radius 2 is 2.00 bits per heavy atom. The number of Topliss-reactive ketones (excluding diaryl/α,β-unsaturated/α-hetero) is 1. The molecule has 0 radical (unpaired) electrons. The van der Waals surface area contributed by atoms with Gasteiger partial charge in [0.1, 0.15) is 5.54 Å². The Morgan fingerprint density at radius 3 is 2.64 bits per heavy atom. The van der Waals surface area contributed by atoms with Gasteiger partial charge in [0.05, 0.1) is 12.6 Å². The first-order chi connectivity index (χ1) is 11.9. The Kier molecular flexibility index (Phi) is 5.00. The molecule has 25 heavy (non-hydrogen) atoms. The number of hydrogen-bond acceptors (Lipinski definition) is 4. The Morgan fingerprint density at radius 1 is 1.28 bits per heavy atom. The lowest BCUT2D eigenvalue weighted by Gasteiger charge is -2.42. The molecule has 3 unspecified atom stereocenters. The minimum atomic E-state index is -0.889. The SMILES string of the molecule is C=C[C@H]1CCCCC1C1(C)C(=O)N(CC(=O)C2CCCN2)C(=O)N1C. The van der Waals surface area contributed by atoms with Crippen LogP contribution in [0.25, 0.3) is 0 Å². The molecule has 0 spiro atoms. The Bertz CT molecular complexity index is 584. The van der Waals surface area contributed by atoms with Gasteiger partial charge < -0.3 is 10.2 Å². The zero-order chi connectivity index (χ0) is 18.2. The van der Waals surface area contributed by atoms with Crippen LogP contribution in [-0.4, -0.2) is 59.2 Å². The Hall–Kier alpha value is -1.69. The molecule has 3 rings (SSSR count). The number of hydrogen-bond donors (Lipinski definition) is 1. The first-order valence-corrected chi connectivity index (χ1v) is 9.39. The lowest BCUT2D eigenvalue weighted by Crippen LogP contribution is -2.54. The van der Waals surface area contributed by atoms with E-state index in [1.54, 1.807) is 11.9 Å². The molecule has 2 heterocycles. The number of nitrogens with one attached hydrogen (secondary N) is 1. The van der Waals surface area contributed by atoms with Crippen molar-refractivity contribution in [2.24, 2.45) is 11.8 Å². The van der Waals surface area contributed by atoms with Gasteiger partial charge >= 0.3 is 6.03 Å². The third-order valence-corrected chi connectivity index (χ3v) is 6.50. The van der Waals surface area contributed by atoms with Crippen LogP contribution in [0.4, 0.5) is 4.79 Å². The predicted octanol–water partition coefficient (Wildman–Crippen LogP) is 1.95. The second-order valence-electron chi connectivity index (χ2n) is 7.79. The highest BCUT2D eigenvalue weighted by Gasteiger charge is 2.58. The number of ketones is 1. The normalized spacial score (nSPS) is 36.2. The van der Waals surface area contributed by atoms with Crippen LogP contribution in [-0.2, 0) is 9.59 Å². The van der Waals surface area contributed by atoms with Gasteiger partial charge in [0.2, 0.25) is 0 Å². The van der Waals surface area contributed by atoms with E-state index in [9.17, 15) is 14.4 Å². The zero-order valence-corrected chi connectivity index (χ0v) is 15.3. The highest BCUT2D eigenvalue weighted by atomic mass is 16.2. The van der Waals surface area contributed by atoms with Gasteiger partial charge in [0, 0.05) is 7.05 Å². The van der Waals surface area contributed by atoms with Gasteiger partial charge in [-0.2, -0.15) is 0 Å². The molecule has 4 atom stereocenters. The van der Waals surface area contributed by atoms with Crippen LogP contribution in [0.15, 0.2) is 12.7 Å². The van der Waals surface area contributed by atoms with Crippen molar-refractivity contribution in [3.8, 4) is 0 Å². The molecule has 0 bridgehead atoms. The fourth-order valence-electron chi connectivity index (χ4n) is 4.80. The number of rotatable bonds is 5. The van der Waals surface area contributed by atoms with E-state index < -0.39 is 5.54 Å². The predicted molar refractivity (Wildman–Crippen MR) is 95.0 cm³/mol. The maximum absolute atomic E-state index is 13.2. The monoisotopic (exact) mass is 347 g/mol. The standard InChI is InChI=1S/C19H29N3O3/c1-4-13-8-5-6-9-14(13)19(2)17(24)22(18(25)21(19)3)12-16(23)15-10-7-11-20-15/h4,13-15,20H,1,5-12H2,2-3H3/t13-,14?,15?,19?/m0/s1. The first kappa shape index (κ1) is 18.1. The number of urea groups is 1. The average Bonchev–Trinajstić information content (AvgIpc) is 3.22. The van der Waals surface area contributed by atoms with E-state index in [1.807, 2.05) is 13.0 Å². The van der Waals surface area contributed by atoms with Gasteiger partial charge in [0.15, 0.2) is 5.78 Å². The highest BCUT2D eigenvalue weighted by molar-refractivity contribution is 6.09. The van der Waals surface area contributed by atoms with Crippen LogP contribution in [0.3, 0.4) is 0 Å². The summed E-state index contributed by atoms with van der Waals surface area (Å²) in [5.41, 5.74) is -0.889. The smallest absolute Gasteiger partial charge is 0.313 e. The molecular weight excluding hydrogens is 318 g/mol. The van der Waals surface area contributed by atoms with E-state index in [0.29, 0.717) is 0 Å². The second-order valence-corrected chi connectivity index (χ2v) is 7.79. The molecule has 3 amide bonds. The molecule has 1 saturated carbocycles. The number of likely N-dealkylation sites (N-methyl/N-ethyl adjacent to an activating group) is 1. The lowest BCUT2D eigenvalue weighted by molar-refractivity contribution is -0.138. The number of imide groups is 1. The fraction of sp³-hybridized carbons (Fsp3) is 0.737. The maximum Gasteiger partial charge on any atom is 0.327 e. The minimum absolute atomic E-state index is 0.0601. The topological polar surface area (TPSA) is 69.7 Å². The van der Waals surface area contributed by atoms with E-state index in [-0.39, 0.29) is 42.1 Å². The molecule has 3 fully saturated rings. The molecule has 138 valence electrons. The molecule has 2 aliphatic heterocycles. The van der Waals surface area contributed by atoms with Gasteiger partial charge in [-0.3, -0.25) is 14.5 Å². The maximum atomic E-state index is 13.2. The summed E-state index contributed by atoms with van der Waals surface area (Å²) in [6, 6.07) is -0.583. The molecule has 6 heteroatoms. The second kappa shape index (κ2) is 6.90. The number of carbonyl (C=O) groups is 3. The number of amides is 3. The van der Waals surface area contributed by atoms with Gasteiger partial charge in [-0.15, -0.1) is 6.58 Å². The molecule has 1 N–H and O–H groups in total. The Labute approximate surface area is 149 Å². The van der Waals surface area contributed by atoms with E-state index in [2.05, 4.69) is 11.9 Å². The summed E-state index contributed by atoms with van der Waals surface area (Å²) in [6.07, 6.45) is 7.77. The summed E-state index contributed by atoms with van der Waals surface area (Å²) in [5, 5.41) is 3.15. The molecule has 0 aromatic heterocycles. The van der Waals surface area contributed by atoms with Gasteiger partial charge in [-0.1, -0.05) is 18.9 Å². The van der Waals surface area contributed by atoms with Crippen LogP contribution in [0, 0.1) is 11.8 Å². The Balaban J connectivity index is 1.81. The van der Waals surface area contributed by atoms with Crippen molar-refractivity contribution in [3.05, 3.63) is 12.7 Å². The van der Waals surface area contributed by atoms with Crippen LogP contribution >= 0.6 is 0 Å². The zero-order valence-electron chi connectivity index (χ0n) is 15.3. The van der Waals surface area contributed by atoms with Crippen molar-refractivity contribution in [2.75, 3.05) is 20.1 Å². The van der Waals surface area contributed by atoms with Crippen LogP contribution < -0.4 is 5.32 Å². The van der Waals surface area contributed by atoms with Crippen molar-refractivity contribution >= 4 is 17.7 Å². The van der Waals surface area contributed by atoms with Gasteiger partial charge in [-0.25, -0.2) is 4.79 Å². The van der Waals surface area contributed by atoms with E-state index >= 15 is 0 Å². The molecule has 2 saturated heterocycles. The van der Waals surface area contributed by atoms with E-state index in [0.717, 1.165) is 50.0 Å². The van der Waals surface area contributed by atoms with Gasteiger partial charge in [-0.05, 0) is 51.0 Å². The van der Waals surface area contributed by atoms with E-state index in [1.165, 1.54) is 0 Å². The summed E-state index contributed by atoms with van der Waals surface area (Å²) < 4.78 is 0. The van der Waals surface area contributed by atoms with Crippen molar-refractivity contribution < 1.29 is 14.4 Å². The van der Waals surface area contributed by atoms with Crippen molar-refractivity contribution in [1.82, 2.24) is 15.1 Å². The number of carbonyl (C=O) groups excluding carboxylic acids is 3. The molecule has 6 nitrogen and oxygen atoms in total. The summed E-state index contributed by atoms with van der Waals surface area (Å²) in [5.74, 6) is -0.0131. The summed E-state index contributed by atoms with van der Waals surface area (Å²) in [6.45, 7) is 6.49. The van der Waals surface area contributed by atoms with Gasteiger partial charge in [0.25, 0.3) is 5.91 Å². The number of allylic oxidation sites excluding steroid dienone is 1. The van der Waals surface area contributed by atoms with Crippen molar-refractivity contribution in [3.63, 3.8) is 0 Å². The quantitative estimate of drug-likeness (QED) is 0.610. The molecule has 0 aromatic rings. The molecule has 3 aliphatic rings. The fourth-order valence-corrected chi connectivity index (χ4v) is 4.80. The average molecular weight is 347 g/mol. The molecule has 1 aliphatic carbocycles. The van der Waals surface area contributed by atoms with Crippen LogP contribution in [0.2, 0.25) is 0 Å².